The Labute approximate surface area is 499 Å². The summed E-state index contributed by atoms with van der Waals surface area (Å²) >= 11 is 3.54. The minimum absolute atomic E-state index is 0. The van der Waals surface area contributed by atoms with E-state index >= 15 is 0 Å². The molecule has 0 bridgehead atoms. The van der Waals surface area contributed by atoms with Crippen LogP contribution in [0.1, 0.15) is 224 Å². The van der Waals surface area contributed by atoms with Crippen LogP contribution in [0.5, 0.6) is 0 Å². The van der Waals surface area contributed by atoms with E-state index in [2.05, 4.69) is 263 Å². The monoisotopic (exact) mass is 1220 g/mol. The van der Waals surface area contributed by atoms with Crippen LogP contribution < -0.4 is 24.8 Å². The van der Waals surface area contributed by atoms with Crippen molar-refractivity contribution in [3.8, 4) is 22.3 Å². The van der Waals surface area contributed by atoms with Gasteiger partial charge in [0.1, 0.15) is 0 Å². The Morgan fingerprint density at radius 1 is 0.378 bits per heavy atom. The van der Waals surface area contributed by atoms with Crippen molar-refractivity contribution in [2.45, 2.75) is 234 Å². The maximum Gasteiger partial charge on any atom is -0.0132 e. The van der Waals surface area contributed by atoms with E-state index in [9.17, 15) is 0 Å². The van der Waals surface area contributed by atoms with Gasteiger partial charge in [0.2, 0.25) is 0 Å². The van der Waals surface area contributed by atoms with Crippen molar-refractivity contribution in [1.82, 2.24) is 0 Å². The molecule has 0 heterocycles. The molecule has 0 saturated carbocycles. The predicted molar refractivity (Wildman–Crippen MR) is 315 cm³/mol. The minimum Gasteiger partial charge on any atom is -1.00 e. The summed E-state index contributed by atoms with van der Waals surface area (Å²) in [6.45, 7) is 55.8. The minimum atomic E-state index is -0.131. The first-order valence-electron chi connectivity index (χ1n) is 26.6. The fourth-order valence-corrected chi connectivity index (χ4v) is 13.4. The Balaban J connectivity index is 0.000000479. The second kappa shape index (κ2) is 28.2. The van der Waals surface area contributed by atoms with Crippen molar-refractivity contribution in [2.24, 2.45) is 0 Å². The number of hydrogen-bond acceptors (Lipinski definition) is 0. The van der Waals surface area contributed by atoms with E-state index in [1.165, 1.54) is 66.8 Å². The predicted octanol–water partition coefficient (Wildman–Crippen LogP) is 14.2. The molecule has 0 aromatic heterocycles. The molecule has 4 aromatic carbocycles. The fourth-order valence-electron chi connectivity index (χ4n) is 8.90. The topological polar surface area (TPSA) is 0 Å². The van der Waals surface area contributed by atoms with Crippen molar-refractivity contribution in [2.75, 3.05) is 0 Å². The molecule has 8 rings (SSSR count). The van der Waals surface area contributed by atoms with E-state index in [4.69, 9.17) is 0 Å². The number of hydrogen-bond donors (Lipinski definition) is 0. The van der Waals surface area contributed by atoms with E-state index in [0.717, 1.165) is 25.7 Å². The Hall–Kier alpha value is -1.38. The third kappa shape index (κ3) is 22.0. The first kappa shape index (κ1) is 70.6. The van der Waals surface area contributed by atoms with Crippen molar-refractivity contribution in [3.63, 3.8) is 0 Å². The molecule has 0 amide bonds. The van der Waals surface area contributed by atoms with Crippen LogP contribution in [0, 0.1) is 24.3 Å². The summed E-state index contributed by atoms with van der Waals surface area (Å²) in [6, 6.07) is 30.1. The molecule has 74 heavy (non-hydrogen) atoms. The number of allylic oxidation sites excluding steroid dienone is 8. The summed E-state index contributed by atoms with van der Waals surface area (Å²) in [6.07, 6.45) is 22.1. The molecule has 4 aliphatic rings. The van der Waals surface area contributed by atoms with Crippen LogP contribution in [-0.2, 0) is 81.2 Å². The molecule has 4 aliphatic carbocycles. The molecular weight excluding hydrogens is 1130 g/mol. The van der Waals surface area contributed by atoms with Crippen LogP contribution in [0.4, 0.5) is 0 Å². The standard InChI is InChI=1S/2C21H25.2C8H18Si.2C5H5.2ClH.2Zr/c2*1-20(2,3)16-9-7-14-11-15-8-10-17(21(4,5)6)13-19(15)18(14)12-16;2*1-7(2,3)9-8(4,5)6;2*1-2-4-5-3-1;;;;/h2*7,9-10,12-13H,11H2,1-6H3;2*1-6H3;2*1-3H,4H2;2*1H;;/q2*-1;;;2*-1;;;2*+2/p-2. The second-order valence-electron chi connectivity index (χ2n) is 28.4. The van der Waals surface area contributed by atoms with Gasteiger partial charge in [-0.05, 0) is 34.8 Å². The Morgan fingerprint density at radius 3 is 0.838 bits per heavy atom. The summed E-state index contributed by atoms with van der Waals surface area (Å²) in [4.78, 5) is 0. The van der Waals surface area contributed by atoms with Gasteiger partial charge >= 0.3 is 161 Å². The molecule has 0 N–H and O–H groups in total. The van der Waals surface area contributed by atoms with Gasteiger partial charge in [0.15, 0.2) is 0 Å². The van der Waals surface area contributed by atoms with E-state index in [1.807, 2.05) is 24.3 Å². The molecule has 0 radical (unpaired) electrons. The molecule has 400 valence electrons. The summed E-state index contributed by atoms with van der Waals surface area (Å²) in [5.41, 5.74) is 17.3. The van der Waals surface area contributed by atoms with Gasteiger partial charge in [0, 0.05) is 0 Å². The van der Waals surface area contributed by atoms with Gasteiger partial charge in [-0.15, -0.1) is 24.0 Å². The normalized spacial score (nSPS) is 14.0. The maximum atomic E-state index is 3.53. The van der Waals surface area contributed by atoms with Crippen molar-refractivity contribution >= 4 is 10.9 Å². The summed E-state index contributed by atoms with van der Waals surface area (Å²) in [7, 11) is 0. The van der Waals surface area contributed by atoms with Gasteiger partial charge in [0.05, 0.1) is 0 Å². The molecule has 0 saturated heterocycles. The fraction of sp³-hybridized carbons (Fsp3) is 0.529. The zero-order valence-corrected chi connectivity index (χ0v) is 59.2. The SMILES string of the molecule is CC(C)(C)[Si](=[Zr+2])C(C)(C)C.CC(C)(C)[Si](=[Zr+2])C(C)(C)C.CC(C)(C)c1c[c-]c2c(c1)-c1cc(C(C)(C)C)ccc1C2.CC(C)(C)c1c[c-]c2c(c1)-c1cc(C(C)(C)C)ccc1C2.[C-]1=CC=CC1.[C-]1=CC=CC1.[Cl-].[Cl-]. The van der Waals surface area contributed by atoms with Gasteiger partial charge in [-0.25, -0.2) is 24.3 Å². The van der Waals surface area contributed by atoms with Gasteiger partial charge < -0.3 is 24.8 Å². The summed E-state index contributed by atoms with van der Waals surface area (Å²) in [5, 5.41) is 2.34. The zero-order chi connectivity index (χ0) is 55.1. The Kier molecular flexibility index (Phi) is 26.9. The third-order valence-electron chi connectivity index (χ3n) is 13.2. The molecule has 0 unspecified atom stereocenters. The smallest absolute Gasteiger partial charge is 0.0132 e. The van der Waals surface area contributed by atoms with E-state index in [-0.39, 0.29) is 57.3 Å². The molecule has 0 aliphatic heterocycles. The van der Waals surface area contributed by atoms with Gasteiger partial charge in [-0.2, -0.15) is 70.8 Å². The third-order valence-corrected chi connectivity index (χ3v) is 41.3. The van der Waals surface area contributed by atoms with Gasteiger partial charge in [0.25, 0.3) is 0 Å². The first-order chi connectivity index (χ1) is 32.6. The summed E-state index contributed by atoms with van der Waals surface area (Å²) < 4.78 is 0. The average molecular weight is 1220 g/mol. The van der Waals surface area contributed by atoms with Crippen LogP contribution in [0.15, 0.2) is 97.1 Å². The quantitative estimate of drug-likeness (QED) is 0.105. The molecule has 0 nitrogen and oxygen atoms in total. The zero-order valence-electron chi connectivity index (χ0n) is 50.8. The average Bonchev–Trinajstić information content (AvgIpc) is 4.09. The van der Waals surface area contributed by atoms with Crippen molar-refractivity contribution < 1.29 is 71.5 Å². The molecule has 6 heteroatoms. The second-order valence-corrected chi connectivity index (χ2v) is 43.3. The van der Waals surface area contributed by atoms with Crippen LogP contribution >= 0.6 is 0 Å². The molecule has 4 aromatic rings. The van der Waals surface area contributed by atoms with E-state index in [0.29, 0.717) is 20.2 Å². The molecular formula is C68H96Cl2Si2Zr2-2. The van der Waals surface area contributed by atoms with Crippen LogP contribution in [-0.4, -0.2) is 10.9 Å². The van der Waals surface area contributed by atoms with Crippen LogP contribution in [0.2, 0.25) is 20.2 Å². The van der Waals surface area contributed by atoms with Crippen LogP contribution in [0.25, 0.3) is 22.3 Å². The van der Waals surface area contributed by atoms with E-state index in [1.54, 1.807) is 46.7 Å². The largest absolute Gasteiger partial charge is 1.00 e. The Bertz CT molecular complexity index is 2260. The van der Waals surface area contributed by atoms with Crippen molar-refractivity contribution in [1.29, 1.82) is 0 Å². The maximum absolute atomic E-state index is 3.53. The molecule has 0 atom stereocenters. The van der Waals surface area contributed by atoms with Crippen LogP contribution in [0.3, 0.4) is 0 Å². The number of benzene rings is 4. The summed E-state index contributed by atoms with van der Waals surface area (Å²) in [5.74, 6) is 0. The number of rotatable bonds is 0. The Morgan fingerprint density at radius 2 is 0.649 bits per heavy atom. The van der Waals surface area contributed by atoms with Crippen molar-refractivity contribution in [3.05, 3.63) is 166 Å². The number of halogens is 2. The first-order valence-corrected chi connectivity index (χ1v) is 37.0. The molecule has 0 spiro atoms. The van der Waals surface area contributed by atoms with Gasteiger partial charge in [-0.1, -0.05) is 153 Å². The van der Waals surface area contributed by atoms with E-state index < -0.39 is 0 Å². The number of fused-ring (bicyclic) bond motifs is 6. The molecule has 0 fully saturated rings. The van der Waals surface area contributed by atoms with Gasteiger partial charge in [-0.3, -0.25) is 12.2 Å².